The number of hydrogen-bond donors (Lipinski definition) is 1. The molecule has 2 heterocycles. The van der Waals surface area contributed by atoms with Gasteiger partial charge in [-0.3, -0.25) is 4.79 Å². The number of carbonyl (C=O) groups excluding carboxylic acids is 1. The number of halogens is 1. The summed E-state index contributed by atoms with van der Waals surface area (Å²) in [5, 5.41) is 0.995. The minimum atomic E-state index is -0.0572. The molecule has 0 spiro atoms. The van der Waals surface area contributed by atoms with Gasteiger partial charge in [0.1, 0.15) is 11.5 Å². The summed E-state index contributed by atoms with van der Waals surface area (Å²) in [6.07, 6.45) is 1.84. The number of benzene rings is 1. The minimum Gasteiger partial charge on any atom is -0.384 e. The van der Waals surface area contributed by atoms with Crippen molar-refractivity contribution in [1.29, 1.82) is 0 Å². The van der Waals surface area contributed by atoms with E-state index in [1.807, 2.05) is 30.3 Å². The van der Waals surface area contributed by atoms with Crippen LogP contribution in [0.2, 0.25) is 0 Å². The summed E-state index contributed by atoms with van der Waals surface area (Å²) in [4.78, 5) is 20.8. The molecule has 0 saturated carbocycles. The van der Waals surface area contributed by atoms with Crippen molar-refractivity contribution in [3.8, 4) is 0 Å². The lowest BCUT2D eigenvalue weighted by atomic mass is 10.1. The van der Waals surface area contributed by atoms with Crippen LogP contribution in [0.25, 0.3) is 10.9 Å². The van der Waals surface area contributed by atoms with Gasteiger partial charge in [0.25, 0.3) is 0 Å². The second-order valence-corrected chi connectivity index (χ2v) is 5.55. The molecule has 21 heavy (non-hydrogen) atoms. The van der Waals surface area contributed by atoms with E-state index in [1.165, 1.54) is 0 Å². The van der Waals surface area contributed by atoms with Gasteiger partial charge in [-0.2, -0.15) is 0 Å². The molecule has 5 heteroatoms. The molecule has 0 atom stereocenters. The van der Waals surface area contributed by atoms with Crippen LogP contribution in [-0.2, 0) is 6.42 Å². The van der Waals surface area contributed by atoms with Crippen molar-refractivity contribution in [2.45, 2.75) is 6.42 Å². The lowest BCUT2D eigenvalue weighted by Crippen LogP contribution is -2.08. The number of fused-ring (bicyclic) bond motifs is 1. The maximum atomic E-state index is 12.4. The Bertz CT molecular complexity index is 833. The molecule has 3 rings (SSSR count). The van der Waals surface area contributed by atoms with Gasteiger partial charge in [0.05, 0.1) is 5.52 Å². The Labute approximate surface area is 130 Å². The second-order valence-electron chi connectivity index (χ2n) is 4.70. The van der Waals surface area contributed by atoms with Crippen LogP contribution in [0.15, 0.2) is 53.1 Å². The number of rotatable bonds is 3. The number of aromatic nitrogens is 2. The van der Waals surface area contributed by atoms with E-state index in [4.69, 9.17) is 5.73 Å². The van der Waals surface area contributed by atoms with Crippen LogP contribution in [0, 0.1) is 0 Å². The number of carbonyl (C=O) groups is 1. The summed E-state index contributed by atoms with van der Waals surface area (Å²) in [5.41, 5.74) is 7.70. The zero-order valence-corrected chi connectivity index (χ0v) is 12.7. The van der Waals surface area contributed by atoms with Crippen LogP contribution in [0.5, 0.6) is 0 Å². The molecule has 0 radical (unpaired) electrons. The number of nitrogens with zero attached hydrogens (tertiary/aromatic N) is 2. The van der Waals surface area contributed by atoms with Crippen molar-refractivity contribution in [1.82, 2.24) is 9.97 Å². The molecule has 2 N–H and O–H groups in total. The molecule has 1 aromatic carbocycles. The first-order valence-electron chi connectivity index (χ1n) is 6.42. The Morgan fingerprint density at radius 1 is 1.19 bits per heavy atom. The normalized spacial score (nSPS) is 10.7. The Morgan fingerprint density at radius 2 is 2.00 bits per heavy atom. The zero-order chi connectivity index (χ0) is 14.8. The lowest BCUT2D eigenvalue weighted by molar-refractivity contribution is 0.0988. The molecule has 0 aliphatic carbocycles. The highest BCUT2D eigenvalue weighted by Gasteiger charge is 2.14. The highest BCUT2D eigenvalue weighted by atomic mass is 79.9. The van der Waals surface area contributed by atoms with Gasteiger partial charge in [-0.15, -0.1) is 0 Å². The zero-order valence-electron chi connectivity index (χ0n) is 11.1. The smallest absolute Gasteiger partial charge is 0.186 e. The monoisotopic (exact) mass is 341 g/mol. The van der Waals surface area contributed by atoms with Gasteiger partial charge >= 0.3 is 0 Å². The number of para-hydroxylation sites is 1. The van der Waals surface area contributed by atoms with Gasteiger partial charge in [0.15, 0.2) is 5.78 Å². The molecule has 0 aliphatic rings. The van der Waals surface area contributed by atoms with Gasteiger partial charge in [0, 0.05) is 22.5 Å². The Kier molecular flexibility index (Phi) is 3.66. The van der Waals surface area contributed by atoms with E-state index in [1.54, 1.807) is 18.3 Å². The molecule has 0 aliphatic heterocycles. The van der Waals surface area contributed by atoms with Crippen molar-refractivity contribution in [2.75, 3.05) is 5.73 Å². The maximum absolute atomic E-state index is 12.4. The first-order chi connectivity index (χ1) is 10.1. The van der Waals surface area contributed by atoms with Crippen molar-refractivity contribution in [3.05, 3.63) is 64.4 Å². The van der Waals surface area contributed by atoms with Gasteiger partial charge in [0.2, 0.25) is 0 Å². The van der Waals surface area contributed by atoms with E-state index < -0.39 is 0 Å². The summed E-state index contributed by atoms with van der Waals surface area (Å²) < 4.78 is 0.702. The number of nitrogens with two attached hydrogens (primary N) is 1. The van der Waals surface area contributed by atoms with Crippen molar-refractivity contribution < 1.29 is 4.79 Å². The topological polar surface area (TPSA) is 68.9 Å². The van der Waals surface area contributed by atoms with Crippen molar-refractivity contribution in [3.63, 3.8) is 0 Å². The quantitative estimate of drug-likeness (QED) is 0.741. The molecule has 0 saturated heterocycles. The highest BCUT2D eigenvalue weighted by molar-refractivity contribution is 9.10. The first-order valence-corrected chi connectivity index (χ1v) is 7.21. The van der Waals surface area contributed by atoms with Crippen molar-refractivity contribution >= 4 is 38.4 Å². The summed E-state index contributed by atoms with van der Waals surface area (Å²) in [6.45, 7) is 0. The Balaban J connectivity index is 1.96. The summed E-state index contributed by atoms with van der Waals surface area (Å²) in [6, 6.07) is 13.1. The van der Waals surface area contributed by atoms with E-state index in [0.29, 0.717) is 16.0 Å². The molecule has 104 valence electrons. The number of Topliss-reactive ketones (excluding diaryl/α,β-unsaturated/α-hetero) is 1. The number of nitrogen functional groups attached to an aromatic ring is 1. The van der Waals surface area contributed by atoms with Crippen molar-refractivity contribution in [2.24, 2.45) is 0 Å². The van der Waals surface area contributed by atoms with Gasteiger partial charge < -0.3 is 5.73 Å². The van der Waals surface area contributed by atoms with Gasteiger partial charge in [-0.05, 0) is 45.8 Å². The van der Waals surface area contributed by atoms with E-state index in [9.17, 15) is 4.79 Å². The average Bonchev–Trinajstić information content (AvgIpc) is 2.46. The standard InChI is InChI=1S/C16H12BrN3O/c17-12-9-11-3-1-2-4-13(11)20-16(12)14(21)7-10-5-6-19-15(18)8-10/h1-6,8-9H,7H2,(H2,18,19). The molecule has 2 aromatic heterocycles. The van der Waals surface area contributed by atoms with Gasteiger partial charge in [-0.1, -0.05) is 18.2 Å². The number of hydrogen-bond acceptors (Lipinski definition) is 4. The largest absolute Gasteiger partial charge is 0.384 e. The summed E-state index contributed by atoms with van der Waals surface area (Å²) in [7, 11) is 0. The first kappa shape index (κ1) is 13.7. The van der Waals surface area contributed by atoms with Crippen LogP contribution < -0.4 is 5.73 Å². The average molecular weight is 342 g/mol. The third-order valence-electron chi connectivity index (χ3n) is 3.15. The highest BCUT2D eigenvalue weighted by Crippen LogP contribution is 2.22. The molecular formula is C16H12BrN3O. The van der Waals surface area contributed by atoms with Crippen LogP contribution in [0.3, 0.4) is 0 Å². The molecule has 4 nitrogen and oxygen atoms in total. The van der Waals surface area contributed by atoms with Crippen LogP contribution >= 0.6 is 15.9 Å². The predicted molar refractivity (Wildman–Crippen MR) is 86.1 cm³/mol. The maximum Gasteiger partial charge on any atom is 0.186 e. The second kappa shape index (κ2) is 5.61. The Morgan fingerprint density at radius 3 is 2.81 bits per heavy atom. The fraction of sp³-hybridized carbons (Fsp3) is 0.0625. The third kappa shape index (κ3) is 2.92. The molecular weight excluding hydrogens is 330 g/mol. The molecule has 0 unspecified atom stereocenters. The van der Waals surface area contributed by atoms with E-state index in [2.05, 4.69) is 25.9 Å². The fourth-order valence-electron chi connectivity index (χ4n) is 2.16. The van der Waals surface area contributed by atoms with E-state index in [0.717, 1.165) is 16.5 Å². The van der Waals surface area contributed by atoms with Gasteiger partial charge in [-0.25, -0.2) is 9.97 Å². The SMILES string of the molecule is Nc1cc(CC(=O)c2nc3ccccc3cc2Br)ccn1. The number of ketones is 1. The summed E-state index contributed by atoms with van der Waals surface area (Å²) in [5.74, 6) is 0.351. The fourth-order valence-corrected chi connectivity index (χ4v) is 2.72. The molecule has 3 aromatic rings. The third-order valence-corrected chi connectivity index (χ3v) is 3.76. The predicted octanol–water partition coefficient (Wildman–Crippen LogP) is 3.40. The molecule has 0 amide bonds. The van der Waals surface area contributed by atoms with Crippen LogP contribution in [0.1, 0.15) is 16.1 Å². The number of anilines is 1. The molecule has 0 bridgehead atoms. The number of pyridine rings is 2. The van der Waals surface area contributed by atoms with Crippen LogP contribution in [0.4, 0.5) is 5.82 Å². The molecule has 0 fully saturated rings. The lowest BCUT2D eigenvalue weighted by Gasteiger charge is -2.06. The van der Waals surface area contributed by atoms with Crippen LogP contribution in [-0.4, -0.2) is 15.8 Å². The minimum absolute atomic E-state index is 0.0572. The van der Waals surface area contributed by atoms with E-state index in [-0.39, 0.29) is 12.2 Å². The van der Waals surface area contributed by atoms with E-state index >= 15 is 0 Å². The Hall–Kier alpha value is -2.27. The summed E-state index contributed by atoms with van der Waals surface area (Å²) >= 11 is 3.43.